The number of carbonyl (C=O) groups is 4. The summed E-state index contributed by atoms with van der Waals surface area (Å²) in [6.45, 7) is 2.83. The molecule has 1 atom stereocenters. The second-order valence-electron chi connectivity index (χ2n) is 9.56. The Labute approximate surface area is 233 Å². The summed E-state index contributed by atoms with van der Waals surface area (Å²) < 4.78 is 0. The minimum Gasteiger partial charge on any atom is -0.354 e. The van der Waals surface area contributed by atoms with Crippen LogP contribution in [0.15, 0.2) is 78.9 Å². The highest BCUT2D eigenvalue weighted by atomic mass is 35.5. The molecule has 0 fully saturated rings. The molecule has 4 rings (SSSR count). The van der Waals surface area contributed by atoms with Gasteiger partial charge in [-0.1, -0.05) is 73.1 Å². The van der Waals surface area contributed by atoms with Gasteiger partial charge >= 0.3 is 0 Å². The summed E-state index contributed by atoms with van der Waals surface area (Å²) in [5, 5.41) is 3.54. The predicted octanol–water partition coefficient (Wildman–Crippen LogP) is 4.88. The second-order valence-corrected chi connectivity index (χ2v) is 9.99. The first-order chi connectivity index (χ1) is 18.9. The molecule has 1 aliphatic rings. The summed E-state index contributed by atoms with van der Waals surface area (Å²) in [7, 11) is 0. The van der Waals surface area contributed by atoms with E-state index in [-0.39, 0.29) is 49.6 Å². The Morgan fingerprint density at radius 1 is 0.872 bits per heavy atom. The van der Waals surface area contributed by atoms with Crippen molar-refractivity contribution in [2.75, 3.05) is 13.1 Å². The van der Waals surface area contributed by atoms with Gasteiger partial charge in [-0.15, -0.1) is 0 Å². The molecule has 39 heavy (non-hydrogen) atoms. The molecule has 1 N–H and O–H groups in total. The highest BCUT2D eigenvalue weighted by molar-refractivity contribution is 6.30. The molecule has 7 nitrogen and oxygen atoms in total. The zero-order valence-electron chi connectivity index (χ0n) is 21.9. The van der Waals surface area contributed by atoms with Crippen LogP contribution in [0.3, 0.4) is 0 Å². The van der Waals surface area contributed by atoms with Gasteiger partial charge in [-0.3, -0.25) is 24.1 Å². The van der Waals surface area contributed by atoms with Crippen molar-refractivity contribution >= 4 is 35.2 Å². The minimum absolute atomic E-state index is 0.0767. The molecule has 8 heteroatoms. The molecule has 0 saturated heterocycles. The molecule has 1 heterocycles. The molecular weight excluding hydrogens is 514 g/mol. The van der Waals surface area contributed by atoms with E-state index in [1.54, 1.807) is 41.3 Å². The highest BCUT2D eigenvalue weighted by Gasteiger charge is 2.35. The van der Waals surface area contributed by atoms with Crippen LogP contribution in [0.25, 0.3) is 0 Å². The predicted molar refractivity (Wildman–Crippen MR) is 150 cm³/mol. The molecule has 0 spiro atoms. The number of hydrogen-bond acceptors (Lipinski definition) is 4. The number of rotatable bonds is 12. The van der Waals surface area contributed by atoms with E-state index in [0.717, 1.165) is 17.5 Å². The first kappa shape index (κ1) is 28.0. The average molecular weight is 546 g/mol. The number of halogens is 1. The lowest BCUT2D eigenvalue weighted by molar-refractivity contribution is -0.141. The number of benzene rings is 3. The molecule has 202 valence electrons. The van der Waals surface area contributed by atoms with Gasteiger partial charge in [0.15, 0.2) is 0 Å². The maximum absolute atomic E-state index is 13.7. The molecule has 3 aromatic carbocycles. The van der Waals surface area contributed by atoms with Gasteiger partial charge in [0.25, 0.3) is 11.8 Å². The van der Waals surface area contributed by atoms with Gasteiger partial charge in [-0.05, 0) is 48.2 Å². The van der Waals surface area contributed by atoms with Crippen molar-refractivity contribution in [2.24, 2.45) is 0 Å². The fourth-order valence-corrected chi connectivity index (χ4v) is 4.81. The molecule has 0 aliphatic carbocycles. The third-order valence-electron chi connectivity index (χ3n) is 6.74. The fourth-order valence-electron chi connectivity index (χ4n) is 4.68. The summed E-state index contributed by atoms with van der Waals surface area (Å²) in [5.41, 5.74) is 2.55. The van der Waals surface area contributed by atoms with Crippen molar-refractivity contribution in [3.63, 3.8) is 0 Å². The van der Waals surface area contributed by atoms with Crippen LogP contribution in [0.4, 0.5) is 0 Å². The minimum atomic E-state index is -0.735. The van der Waals surface area contributed by atoms with Crippen molar-refractivity contribution < 1.29 is 19.2 Å². The summed E-state index contributed by atoms with van der Waals surface area (Å²) in [5.74, 6) is -1.14. The molecule has 0 aromatic heterocycles. The van der Waals surface area contributed by atoms with E-state index in [0.29, 0.717) is 29.1 Å². The molecule has 0 radical (unpaired) electrons. The lowest BCUT2D eigenvalue weighted by Gasteiger charge is -2.32. The maximum atomic E-state index is 13.7. The summed E-state index contributed by atoms with van der Waals surface area (Å²) in [6.07, 6.45) is 1.49. The highest BCUT2D eigenvalue weighted by Crippen LogP contribution is 2.23. The standard InChI is InChI=1S/C31H32ClN3O4/c1-2-18-33-29(37)27(20-22-9-4-3-5-10-22)35(21-23-14-16-24(32)17-15-23)28(36)13-8-19-34-30(38)25-11-6-7-12-26(25)31(34)39/h3-7,9-12,14-17,27H,2,8,13,18-21H2,1H3,(H,33,37)/t27-/m0/s1. The Morgan fingerprint density at radius 3 is 2.10 bits per heavy atom. The number of amides is 4. The lowest BCUT2D eigenvalue weighted by atomic mass is 10.0. The molecule has 0 unspecified atom stereocenters. The largest absolute Gasteiger partial charge is 0.354 e. The van der Waals surface area contributed by atoms with Gasteiger partial charge in [0.05, 0.1) is 11.1 Å². The normalized spacial score (nSPS) is 13.2. The molecule has 1 aliphatic heterocycles. The van der Waals surface area contributed by atoms with Gasteiger partial charge in [0.2, 0.25) is 11.8 Å². The van der Waals surface area contributed by atoms with Crippen LogP contribution in [-0.4, -0.2) is 52.6 Å². The Morgan fingerprint density at radius 2 is 1.49 bits per heavy atom. The number of nitrogens with zero attached hydrogens (tertiary/aromatic N) is 2. The zero-order chi connectivity index (χ0) is 27.8. The number of fused-ring (bicyclic) bond motifs is 1. The van der Waals surface area contributed by atoms with Crippen LogP contribution >= 0.6 is 11.6 Å². The third-order valence-corrected chi connectivity index (χ3v) is 6.99. The van der Waals surface area contributed by atoms with Gasteiger partial charge in [-0.2, -0.15) is 0 Å². The van der Waals surface area contributed by atoms with E-state index in [1.807, 2.05) is 49.4 Å². The SMILES string of the molecule is CCCNC(=O)[C@H](Cc1ccccc1)N(Cc1ccc(Cl)cc1)C(=O)CCCN1C(=O)c2ccccc2C1=O. The van der Waals surface area contributed by atoms with Crippen molar-refractivity contribution in [1.29, 1.82) is 0 Å². The van der Waals surface area contributed by atoms with E-state index in [1.165, 1.54) is 4.90 Å². The zero-order valence-corrected chi connectivity index (χ0v) is 22.7. The molecule has 0 saturated carbocycles. The van der Waals surface area contributed by atoms with Crippen molar-refractivity contribution in [1.82, 2.24) is 15.1 Å². The topological polar surface area (TPSA) is 86.8 Å². The van der Waals surface area contributed by atoms with Crippen molar-refractivity contribution in [2.45, 2.75) is 45.2 Å². The molecule has 4 amide bonds. The fraction of sp³-hybridized carbons (Fsp3) is 0.290. The van der Waals surface area contributed by atoms with E-state index in [4.69, 9.17) is 11.6 Å². The third kappa shape index (κ3) is 6.92. The van der Waals surface area contributed by atoms with E-state index < -0.39 is 6.04 Å². The van der Waals surface area contributed by atoms with Crippen LogP contribution in [-0.2, 0) is 22.6 Å². The van der Waals surface area contributed by atoms with Gasteiger partial charge in [0, 0.05) is 37.5 Å². The lowest BCUT2D eigenvalue weighted by Crippen LogP contribution is -2.50. The number of carbonyl (C=O) groups excluding carboxylic acids is 4. The monoisotopic (exact) mass is 545 g/mol. The second kappa shape index (κ2) is 13.2. The Hall–Kier alpha value is -3.97. The van der Waals surface area contributed by atoms with E-state index in [2.05, 4.69) is 5.32 Å². The smallest absolute Gasteiger partial charge is 0.261 e. The average Bonchev–Trinajstić information content (AvgIpc) is 3.20. The van der Waals surface area contributed by atoms with Crippen LogP contribution in [0.5, 0.6) is 0 Å². The molecule has 0 bridgehead atoms. The first-order valence-corrected chi connectivity index (χ1v) is 13.6. The van der Waals surface area contributed by atoms with E-state index in [9.17, 15) is 19.2 Å². The van der Waals surface area contributed by atoms with Gasteiger partial charge in [0.1, 0.15) is 6.04 Å². The van der Waals surface area contributed by atoms with Crippen LogP contribution in [0.1, 0.15) is 58.0 Å². The van der Waals surface area contributed by atoms with E-state index >= 15 is 0 Å². The molecular formula is C31H32ClN3O4. The van der Waals surface area contributed by atoms with Crippen molar-refractivity contribution in [3.8, 4) is 0 Å². The summed E-state index contributed by atoms with van der Waals surface area (Å²) in [4.78, 5) is 55.3. The summed E-state index contributed by atoms with van der Waals surface area (Å²) in [6, 6.07) is 22.8. The number of nitrogens with one attached hydrogen (secondary N) is 1. The van der Waals surface area contributed by atoms with Crippen LogP contribution in [0.2, 0.25) is 5.02 Å². The Bertz CT molecular complexity index is 1290. The molecule has 3 aromatic rings. The van der Waals surface area contributed by atoms with Crippen LogP contribution in [0, 0.1) is 0 Å². The quantitative estimate of drug-likeness (QED) is 0.329. The van der Waals surface area contributed by atoms with Gasteiger partial charge < -0.3 is 10.2 Å². The van der Waals surface area contributed by atoms with Crippen molar-refractivity contribution in [3.05, 3.63) is 106 Å². The number of hydrogen-bond donors (Lipinski definition) is 1. The summed E-state index contributed by atoms with van der Waals surface area (Å²) >= 11 is 6.07. The van der Waals surface area contributed by atoms with Gasteiger partial charge in [-0.25, -0.2) is 0 Å². The maximum Gasteiger partial charge on any atom is 0.261 e. The number of imide groups is 1. The Balaban J connectivity index is 1.53. The van der Waals surface area contributed by atoms with Crippen LogP contribution < -0.4 is 5.32 Å². The first-order valence-electron chi connectivity index (χ1n) is 13.2. The Kier molecular flexibility index (Phi) is 9.49.